The Balaban J connectivity index is 2.13. The summed E-state index contributed by atoms with van der Waals surface area (Å²) in [6, 6.07) is 10.2. The van der Waals surface area contributed by atoms with E-state index in [-0.39, 0.29) is 6.04 Å². The van der Waals surface area contributed by atoms with Crippen molar-refractivity contribution >= 4 is 11.3 Å². The van der Waals surface area contributed by atoms with Crippen molar-refractivity contribution in [1.29, 1.82) is 0 Å². The van der Waals surface area contributed by atoms with E-state index in [4.69, 9.17) is 15.2 Å². The van der Waals surface area contributed by atoms with Gasteiger partial charge in [-0.2, -0.15) is 0 Å². The van der Waals surface area contributed by atoms with Crippen molar-refractivity contribution in [2.45, 2.75) is 26.3 Å². The summed E-state index contributed by atoms with van der Waals surface area (Å²) in [5, 5.41) is 2.05. The highest BCUT2D eigenvalue weighted by Gasteiger charge is 2.11. The van der Waals surface area contributed by atoms with Gasteiger partial charge in [-0.1, -0.05) is 12.1 Å². The number of hydrogen-bond donors (Lipinski definition) is 1. The van der Waals surface area contributed by atoms with Gasteiger partial charge in [0.2, 0.25) is 0 Å². The molecule has 0 fully saturated rings. The van der Waals surface area contributed by atoms with Crippen molar-refractivity contribution in [3.8, 4) is 11.5 Å². The second-order valence-corrected chi connectivity index (χ2v) is 5.45. The van der Waals surface area contributed by atoms with E-state index in [1.54, 1.807) is 11.3 Å². The minimum Gasteiger partial charge on any atom is -0.490 e. The van der Waals surface area contributed by atoms with Gasteiger partial charge in [-0.25, -0.2) is 0 Å². The zero-order valence-electron chi connectivity index (χ0n) is 12.0. The molecule has 0 radical (unpaired) electrons. The highest BCUT2D eigenvalue weighted by atomic mass is 32.1. The summed E-state index contributed by atoms with van der Waals surface area (Å²) in [4.78, 5) is 1.21. The molecular formula is C16H21NO2S. The van der Waals surface area contributed by atoms with Gasteiger partial charge in [0.15, 0.2) is 11.5 Å². The van der Waals surface area contributed by atoms with E-state index in [0.717, 1.165) is 23.5 Å². The fourth-order valence-electron chi connectivity index (χ4n) is 2.08. The fraction of sp³-hybridized carbons (Fsp3) is 0.375. The Morgan fingerprint density at radius 1 is 1.10 bits per heavy atom. The van der Waals surface area contributed by atoms with Crippen LogP contribution in [0.25, 0.3) is 0 Å². The predicted octanol–water partition coefficient (Wildman–Crippen LogP) is 3.79. The zero-order chi connectivity index (χ0) is 14.4. The molecule has 0 amide bonds. The van der Waals surface area contributed by atoms with Crippen LogP contribution in [0.4, 0.5) is 0 Å². The third-order valence-corrected chi connectivity index (χ3v) is 3.98. The molecule has 0 saturated heterocycles. The second-order valence-electron chi connectivity index (χ2n) is 4.47. The van der Waals surface area contributed by atoms with E-state index in [2.05, 4.69) is 17.5 Å². The third kappa shape index (κ3) is 3.74. The van der Waals surface area contributed by atoms with Crippen LogP contribution in [0.2, 0.25) is 0 Å². The van der Waals surface area contributed by atoms with Gasteiger partial charge >= 0.3 is 0 Å². The average molecular weight is 291 g/mol. The first-order valence-corrected chi connectivity index (χ1v) is 7.80. The summed E-state index contributed by atoms with van der Waals surface area (Å²) >= 11 is 1.70. The summed E-state index contributed by atoms with van der Waals surface area (Å²) in [5.74, 6) is 1.59. The largest absolute Gasteiger partial charge is 0.490 e. The molecule has 2 N–H and O–H groups in total. The van der Waals surface area contributed by atoms with E-state index < -0.39 is 0 Å². The van der Waals surface area contributed by atoms with Crippen molar-refractivity contribution in [3.63, 3.8) is 0 Å². The molecule has 0 aliphatic heterocycles. The number of rotatable bonds is 7. The average Bonchev–Trinajstić information content (AvgIpc) is 2.96. The SMILES string of the molecule is CCOc1ccc(CC(N)c2cccs2)cc1OCC. The number of ether oxygens (including phenoxy) is 2. The molecule has 0 bridgehead atoms. The minimum atomic E-state index is 0.0300. The summed E-state index contributed by atoms with van der Waals surface area (Å²) in [7, 11) is 0. The zero-order valence-corrected chi connectivity index (χ0v) is 12.8. The first-order chi connectivity index (χ1) is 9.74. The maximum absolute atomic E-state index is 6.23. The standard InChI is InChI=1S/C16H21NO2S/c1-3-18-14-8-7-12(11-15(14)19-4-2)10-13(17)16-6-5-9-20-16/h5-9,11,13H,3-4,10,17H2,1-2H3. The number of nitrogens with two attached hydrogens (primary N) is 1. The van der Waals surface area contributed by atoms with Crippen LogP contribution in [0, 0.1) is 0 Å². The second kappa shape index (κ2) is 7.31. The van der Waals surface area contributed by atoms with Crippen LogP contribution < -0.4 is 15.2 Å². The highest BCUT2D eigenvalue weighted by Crippen LogP contribution is 2.30. The predicted molar refractivity (Wildman–Crippen MR) is 83.7 cm³/mol. The lowest BCUT2D eigenvalue weighted by Gasteiger charge is -2.14. The molecular weight excluding hydrogens is 270 g/mol. The molecule has 0 spiro atoms. The van der Waals surface area contributed by atoms with Crippen LogP contribution in [-0.2, 0) is 6.42 Å². The van der Waals surface area contributed by atoms with Crippen molar-refractivity contribution in [2.75, 3.05) is 13.2 Å². The first kappa shape index (κ1) is 14.9. The van der Waals surface area contributed by atoms with E-state index in [0.29, 0.717) is 13.2 Å². The first-order valence-electron chi connectivity index (χ1n) is 6.92. The molecule has 1 atom stereocenters. The Hall–Kier alpha value is -1.52. The molecule has 0 saturated carbocycles. The van der Waals surface area contributed by atoms with Crippen LogP contribution in [0.3, 0.4) is 0 Å². The fourth-order valence-corrected chi connectivity index (χ4v) is 2.81. The minimum absolute atomic E-state index is 0.0300. The maximum atomic E-state index is 6.23. The Morgan fingerprint density at radius 2 is 1.85 bits per heavy atom. The topological polar surface area (TPSA) is 44.5 Å². The van der Waals surface area contributed by atoms with Crippen LogP contribution >= 0.6 is 11.3 Å². The third-order valence-electron chi connectivity index (χ3n) is 2.97. The van der Waals surface area contributed by atoms with E-state index in [1.807, 2.05) is 32.0 Å². The number of thiophene rings is 1. The number of hydrogen-bond acceptors (Lipinski definition) is 4. The van der Waals surface area contributed by atoms with Crippen molar-refractivity contribution < 1.29 is 9.47 Å². The molecule has 2 rings (SSSR count). The Bertz CT molecular complexity index is 525. The molecule has 3 nitrogen and oxygen atoms in total. The van der Waals surface area contributed by atoms with E-state index in [1.165, 1.54) is 4.88 Å². The van der Waals surface area contributed by atoms with Gasteiger partial charge in [0.05, 0.1) is 13.2 Å². The van der Waals surface area contributed by atoms with Gasteiger partial charge in [0, 0.05) is 10.9 Å². The molecule has 1 unspecified atom stereocenters. The Labute approximate surface area is 124 Å². The monoisotopic (exact) mass is 291 g/mol. The number of benzene rings is 1. The smallest absolute Gasteiger partial charge is 0.161 e. The van der Waals surface area contributed by atoms with Gasteiger partial charge in [-0.3, -0.25) is 0 Å². The molecule has 108 valence electrons. The van der Waals surface area contributed by atoms with Gasteiger partial charge in [-0.15, -0.1) is 11.3 Å². The van der Waals surface area contributed by atoms with Gasteiger partial charge in [0.1, 0.15) is 0 Å². The van der Waals surface area contributed by atoms with Crippen LogP contribution in [0.5, 0.6) is 11.5 Å². The van der Waals surface area contributed by atoms with Crippen LogP contribution in [-0.4, -0.2) is 13.2 Å². The summed E-state index contributed by atoms with van der Waals surface area (Å²) in [6.45, 7) is 5.20. The van der Waals surface area contributed by atoms with Gasteiger partial charge in [0.25, 0.3) is 0 Å². The molecule has 20 heavy (non-hydrogen) atoms. The van der Waals surface area contributed by atoms with E-state index >= 15 is 0 Å². The molecule has 1 aromatic carbocycles. The highest BCUT2D eigenvalue weighted by molar-refractivity contribution is 7.10. The molecule has 2 aromatic rings. The summed E-state index contributed by atoms with van der Waals surface area (Å²) in [6.07, 6.45) is 0.799. The molecule has 0 aliphatic carbocycles. The summed E-state index contributed by atoms with van der Waals surface area (Å²) in [5.41, 5.74) is 7.40. The maximum Gasteiger partial charge on any atom is 0.161 e. The van der Waals surface area contributed by atoms with Gasteiger partial charge < -0.3 is 15.2 Å². The van der Waals surface area contributed by atoms with E-state index in [9.17, 15) is 0 Å². The summed E-state index contributed by atoms with van der Waals surface area (Å²) < 4.78 is 11.2. The molecule has 0 aliphatic rings. The molecule has 1 heterocycles. The van der Waals surface area contributed by atoms with Crippen LogP contribution in [0.1, 0.15) is 30.3 Å². The lowest BCUT2D eigenvalue weighted by atomic mass is 10.0. The Morgan fingerprint density at radius 3 is 2.50 bits per heavy atom. The van der Waals surface area contributed by atoms with Crippen LogP contribution in [0.15, 0.2) is 35.7 Å². The van der Waals surface area contributed by atoms with Crippen molar-refractivity contribution in [3.05, 3.63) is 46.2 Å². The lowest BCUT2D eigenvalue weighted by Crippen LogP contribution is -2.12. The normalized spacial score (nSPS) is 12.2. The molecule has 4 heteroatoms. The van der Waals surface area contributed by atoms with Gasteiger partial charge in [-0.05, 0) is 49.4 Å². The lowest BCUT2D eigenvalue weighted by molar-refractivity contribution is 0.287. The van der Waals surface area contributed by atoms with Crippen molar-refractivity contribution in [2.24, 2.45) is 5.73 Å². The van der Waals surface area contributed by atoms with Crippen molar-refractivity contribution in [1.82, 2.24) is 0 Å². The molecule has 1 aromatic heterocycles. The quantitative estimate of drug-likeness (QED) is 0.844. The Kier molecular flexibility index (Phi) is 5.44.